The zero-order valence-electron chi connectivity index (χ0n) is 20.0. The largest absolute Gasteiger partial charge is 0.477 e. The Hall–Kier alpha value is -3.38. The van der Waals surface area contributed by atoms with Crippen molar-refractivity contribution in [1.29, 1.82) is 0 Å². The Morgan fingerprint density at radius 3 is 2.69 bits per heavy atom. The Labute approximate surface area is 206 Å². The number of methoxy groups -OCH3 is 1. The molecule has 5 rings (SSSR count). The van der Waals surface area contributed by atoms with Crippen molar-refractivity contribution in [2.24, 2.45) is 5.92 Å². The summed E-state index contributed by atoms with van der Waals surface area (Å²) in [5, 5.41) is 0. The van der Waals surface area contributed by atoms with E-state index in [4.69, 9.17) is 14.2 Å². The minimum absolute atomic E-state index is 0.0542. The molecule has 1 amide bonds. The smallest absolute Gasteiger partial charge is 0.296 e. The number of amides is 1. The van der Waals surface area contributed by atoms with Crippen molar-refractivity contribution in [2.45, 2.75) is 12.8 Å². The molecular weight excluding hydrogens is 474 g/mol. The van der Waals surface area contributed by atoms with Gasteiger partial charge in [0.15, 0.2) is 5.82 Å². The molecule has 3 aromatic rings. The van der Waals surface area contributed by atoms with Gasteiger partial charge in [-0.25, -0.2) is 13.8 Å². The summed E-state index contributed by atoms with van der Waals surface area (Å²) in [6.45, 7) is 4.14. The number of morpholine rings is 1. The summed E-state index contributed by atoms with van der Waals surface area (Å²) in [6.07, 6.45) is -2.44. The molecule has 0 atom stereocenters. The highest BCUT2D eigenvalue weighted by Gasteiger charge is 2.31. The average Bonchev–Trinajstić information content (AvgIpc) is 3.27. The Morgan fingerprint density at radius 1 is 1.17 bits per heavy atom. The summed E-state index contributed by atoms with van der Waals surface area (Å²) in [7, 11) is 1.57. The number of carbonyl (C=O) groups is 1. The minimum Gasteiger partial charge on any atom is -0.477 e. The van der Waals surface area contributed by atoms with E-state index in [1.165, 1.54) is 4.57 Å². The maximum absolute atomic E-state index is 14.0. The standard InChI is InChI=1S/C24H28F2N6O4/c1-34-9-6-21(33)31-13-16(14-31)15-36-20-12-19(28-24(29-20)30-7-10-35-11-8-30)32-18-5-3-2-4-17(18)27-23(32)22(25)26/h2-5,12,16,22H,6-11,13-15H2,1H3. The van der Waals surface area contributed by atoms with Crippen LogP contribution < -0.4 is 9.64 Å². The molecule has 2 aliphatic rings. The van der Waals surface area contributed by atoms with Gasteiger partial charge in [0.25, 0.3) is 6.43 Å². The number of nitrogens with zero attached hydrogens (tertiary/aromatic N) is 6. The van der Waals surface area contributed by atoms with Crippen LogP contribution in [0.1, 0.15) is 18.7 Å². The quantitative estimate of drug-likeness (QED) is 0.441. The van der Waals surface area contributed by atoms with Crippen LogP contribution in [-0.4, -0.2) is 90.0 Å². The number of alkyl halides is 2. The number of imidazole rings is 1. The van der Waals surface area contributed by atoms with Gasteiger partial charge in [0.05, 0.1) is 43.9 Å². The predicted molar refractivity (Wildman–Crippen MR) is 127 cm³/mol. The summed E-state index contributed by atoms with van der Waals surface area (Å²) in [4.78, 5) is 29.1. The molecule has 2 fully saturated rings. The number of fused-ring (bicyclic) bond motifs is 1. The van der Waals surface area contributed by atoms with Crippen molar-refractivity contribution in [1.82, 2.24) is 24.4 Å². The second kappa shape index (κ2) is 10.7. The summed E-state index contributed by atoms with van der Waals surface area (Å²) >= 11 is 0. The van der Waals surface area contributed by atoms with Crippen LogP contribution in [-0.2, 0) is 14.3 Å². The molecule has 0 N–H and O–H groups in total. The van der Waals surface area contributed by atoms with Crippen LogP contribution in [0.5, 0.6) is 5.88 Å². The van der Waals surface area contributed by atoms with Gasteiger partial charge >= 0.3 is 0 Å². The maximum atomic E-state index is 14.0. The van der Waals surface area contributed by atoms with Gasteiger partial charge < -0.3 is 24.0 Å². The van der Waals surface area contributed by atoms with Crippen molar-refractivity contribution >= 4 is 22.9 Å². The fourth-order valence-corrected chi connectivity index (χ4v) is 4.36. The Morgan fingerprint density at radius 2 is 1.94 bits per heavy atom. The van der Waals surface area contributed by atoms with Crippen LogP contribution in [0.25, 0.3) is 16.9 Å². The number of likely N-dealkylation sites (tertiary alicyclic amines) is 1. The van der Waals surface area contributed by atoms with Gasteiger partial charge in [-0.1, -0.05) is 12.1 Å². The summed E-state index contributed by atoms with van der Waals surface area (Å²) in [5.74, 6) is 0.747. The van der Waals surface area contributed by atoms with E-state index in [0.29, 0.717) is 76.0 Å². The fourth-order valence-electron chi connectivity index (χ4n) is 4.36. The van der Waals surface area contributed by atoms with Crippen molar-refractivity contribution in [2.75, 3.05) is 64.6 Å². The molecular formula is C24H28F2N6O4. The number of anilines is 1. The topological polar surface area (TPSA) is 94.8 Å². The van der Waals surface area contributed by atoms with E-state index in [9.17, 15) is 13.6 Å². The number of halogens is 2. The second-order valence-corrected chi connectivity index (χ2v) is 8.78. The summed E-state index contributed by atoms with van der Waals surface area (Å²) < 4.78 is 45.7. The van der Waals surface area contributed by atoms with Crippen LogP contribution in [0.4, 0.5) is 14.7 Å². The van der Waals surface area contributed by atoms with Crippen LogP contribution in [0.3, 0.4) is 0 Å². The van der Waals surface area contributed by atoms with Gasteiger partial charge in [-0.2, -0.15) is 9.97 Å². The van der Waals surface area contributed by atoms with Crippen molar-refractivity contribution < 1.29 is 27.8 Å². The molecule has 36 heavy (non-hydrogen) atoms. The molecule has 2 aromatic heterocycles. The number of ether oxygens (including phenoxy) is 3. The average molecular weight is 503 g/mol. The fraction of sp³-hybridized carbons (Fsp3) is 0.500. The zero-order chi connectivity index (χ0) is 25.1. The lowest BCUT2D eigenvalue weighted by molar-refractivity contribution is -0.139. The molecule has 2 aliphatic heterocycles. The third kappa shape index (κ3) is 5.09. The van der Waals surface area contributed by atoms with Crippen LogP contribution in [0.15, 0.2) is 30.3 Å². The molecule has 0 aliphatic carbocycles. The van der Waals surface area contributed by atoms with Crippen LogP contribution >= 0.6 is 0 Å². The van der Waals surface area contributed by atoms with E-state index in [1.54, 1.807) is 42.3 Å². The lowest BCUT2D eigenvalue weighted by Crippen LogP contribution is -2.52. The predicted octanol–water partition coefficient (Wildman–Crippen LogP) is 2.46. The van der Waals surface area contributed by atoms with Gasteiger partial charge in [-0.3, -0.25) is 9.36 Å². The van der Waals surface area contributed by atoms with E-state index in [1.807, 2.05) is 4.90 Å². The number of para-hydroxylation sites is 2. The second-order valence-electron chi connectivity index (χ2n) is 8.78. The molecule has 4 heterocycles. The first-order valence-electron chi connectivity index (χ1n) is 11.9. The summed E-state index contributed by atoms with van der Waals surface area (Å²) in [6, 6.07) is 8.51. The molecule has 0 radical (unpaired) electrons. The third-order valence-corrected chi connectivity index (χ3v) is 6.28. The SMILES string of the molecule is COCCC(=O)N1CC(COc2cc(-n3c(C(F)F)nc4ccccc43)nc(N3CCOCC3)n2)C1. The first-order valence-corrected chi connectivity index (χ1v) is 11.9. The Bertz CT molecular complexity index is 1210. The zero-order valence-corrected chi connectivity index (χ0v) is 20.0. The van der Waals surface area contributed by atoms with E-state index in [0.717, 1.165) is 0 Å². The monoisotopic (exact) mass is 502 g/mol. The van der Waals surface area contributed by atoms with Gasteiger partial charge in [0, 0.05) is 45.3 Å². The molecule has 1 aromatic carbocycles. The number of aromatic nitrogens is 4. The van der Waals surface area contributed by atoms with E-state index >= 15 is 0 Å². The van der Waals surface area contributed by atoms with Crippen molar-refractivity contribution in [3.8, 4) is 11.7 Å². The first kappa shape index (κ1) is 24.3. The lowest BCUT2D eigenvalue weighted by Gasteiger charge is -2.39. The number of rotatable bonds is 9. The molecule has 0 bridgehead atoms. The molecule has 0 saturated carbocycles. The first-order chi connectivity index (χ1) is 17.5. The van der Waals surface area contributed by atoms with Crippen molar-refractivity contribution in [3.63, 3.8) is 0 Å². The summed E-state index contributed by atoms with van der Waals surface area (Å²) in [5.41, 5.74) is 0.976. The van der Waals surface area contributed by atoms with Crippen LogP contribution in [0.2, 0.25) is 0 Å². The minimum atomic E-state index is -2.79. The van der Waals surface area contributed by atoms with E-state index in [-0.39, 0.29) is 23.5 Å². The normalized spacial score (nSPS) is 16.6. The van der Waals surface area contributed by atoms with Gasteiger partial charge in [0.2, 0.25) is 17.7 Å². The van der Waals surface area contributed by atoms with E-state index in [2.05, 4.69) is 15.0 Å². The van der Waals surface area contributed by atoms with Gasteiger partial charge in [-0.05, 0) is 12.1 Å². The number of hydrogen-bond acceptors (Lipinski definition) is 8. The number of carbonyl (C=O) groups excluding carboxylic acids is 1. The highest BCUT2D eigenvalue weighted by atomic mass is 19.3. The van der Waals surface area contributed by atoms with Gasteiger partial charge in [-0.15, -0.1) is 0 Å². The lowest BCUT2D eigenvalue weighted by atomic mass is 10.0. The molecule has 0 spiro atoms. The van der Waals surface area contributed by atoms with Crippen LogP contribution in [0, 0.1) is 5.92 Å². The molecule has 12 heteroatoms. The molecule has 192 valence electrons. The molecule has 2 saturated heterocycles. The van der Waals surface area contributed by atoms with Gasteiger partial charge in [0.1, 0.15) is 5.82 Å². The van der Waals surface area contributed by atoms with Crippen molar-refractivity contribution in [3.05, 3.63) is 36.2 Å². The highest BCUT2D eigenvalue weighted by molar-refractivity contribution is 5.78. The van der Waals surface area contributed by atoms with E-state index < -0.39 is 12.2 Å². The third-order valence-electron chi connectivity index (χ3n) is 6.28. The molecule has 0 unspecified atom stereocenters. The Balaban J connectivity index is 1.40. The number of hydrogen-bond donors (Lipinski definition) is 0. The maximum Gasteiger partial charge on any atom is 0.296 e. The Kier molecular flexibility index (Phi) is 7.23. The highest BCUT2D eigenvalue weighted by Crippen LogP contribution is 2.30. The number of benzene rings is 1. The molecule has 10 nitrogen and oxygen atoms in total.